The summed E-state index contributed by atoms with van der Waals surface area (Å²) in [5.41, 5.74) is 1.24. The Bertz CT molecular complexity index is 1540. The monoisotopic (exact) mass is 459 g/mol. The van der Waals surface area contributed by atoms with E-state index in [1.54, 1.807) is 18.2 Å². The molecule has 10 nitrogen and oxygen atoms in total. The van der Waals surface area contributed by atoms with E-state index in [4.69, 9.17) is 9.47 Å². The van der Waals surface area contributed by atoms with Gasteiger partial charge in [-0.05, 0) is 19.1 Å². The summed E-state index contributed by atoms with van der Waals surface area (Å²) < 4.78 is 13.1. The average Bonchev–Trinajstić information content (AvgIpc) is 2.85. The highest BCUT2D eigenvalue weighted by atomic mass is 16.6. The number of benzene rings is 2. The maximum absolute atomic E-state index is 13.0. The van der Waals surface area contributed by atoms with E-state index >= 15 is 0 Å². The Hall–Kier alpha value is -4.47. The molecule has 1 aliphatic heterocycles. The molecule has 0 aliphatic carbocycles. The van der Waals surface area contributed by atoms with Gasteiger partial charge in [0.2, 0.25) is 5.91 Å². The summed E-state index contributed by atoms with van der Waals surface area (Å²) in [6, 6.07) is 12.6. The van der Waals surface area contributed by atoms with Crippen molar-refractivity contribution >= 4 is 22.6 Å². The number of aromatic nitrogens is 4. The van der Waals surface area contributed by atoms with Crippen LogP contribution >= 0.6 is 0 Å². The lowest BCUT2D eigenvalue weighted by Crippen LogP contribution is -2.42. The van der Waals surface area contributed by atoms with Crippen molar-refractivity contribution in [2.45, 2.75) is 13.5 Å². The third-order valence-corrected chi connectivity index (χ3v) is 5.52. The largest absolute Gasteiger partial charge is 0.486 e. The lowest BCUT2D eigenvalue weighted by molar-refractivity contribution is -0.116. The molecule has 0 radical (unpaired) electrons. The molecule has 2 aromatic carbocycles. The fourth-order valence-electron chi connectivity index (χ4n) is 3.73. The first kappa shape index (κ1) is 21.4. The molecule has 0 fully saturated rings. The van der Waals surface area contributed by atoms with E-state index in [0.717, 1.165) is 15.7 Å². The van der Waals surface area contributed by atoms with Gasteiger partial charge >= 0.3 is 5.69 Å². The van der Waals surface area contributed by atoms with Crippen LogP contribution in [0.1, 0.15) is 5.56 Å². The van der Waals surface area contributed by atoms with Crippen molar-refractivity contribution in [2.24, 2.45) is 7.05 Å². The summed E-state index contributed by atoms with van der Waals surface area (Å²) in [6.45, 7) is 2.39. The SMILES string of the molecule is Cc1ccc(-c2ncc3c(=O)n(CC(=O)Nc4ccc5c(c4)OCCO5)c(=O)n(C)c3n2)cc1. The van der Waals surface area contributed by atoms with E-state index in [1.807, 2.05) is 31.2 Å². The van der Waals surface area contributed by atoms with E-state index < -0.39 is 23.7 Å². The molecule has 3 heterocycles. The Morgan fingerprint density at radius 2 is 1.79 bits per heavy atom. The summed E-state index contributed by atoms with van der Waals surface area (Å²) in [7, 11) is 1.51. The van der Waals surface area contributed by atoms with Gasteiger partial charge in [-0.1, -0.05) is 29.8 Å². The van der Waals surface area contributed by atoms with Gasteiger partial charge in [0.25, 0.3) is 5.56 Å². The van der Waals surface area contributed by atoms with Crippen LogP contribution in [0.25, 0.3) is 22.4 Å². The molecular weight excluding hydrogens is 438 g/mol. The number of hydrogen-bond donors (Lipinski definition) is 1. The second-order valence-electron chi connectivity index (χ2n) is 7.94. The molecule has 34 heavy (non-hydrogen) atoms. The van der Waals surface area contributed by atoms with Gasteiger partial charge in [-0.15, -0.1) is 0 Å². The summed E-state index contributed by atoms with van der Waals surface area (Å²) in [4.78, 5) is 47.3. The van der Waals surface area contributed by atoms with E-state index in [9.17, 15) is 14.4 Å². The predicted octanol–water partition coefficient (Wildman–Crippen LogP) is 1.88. The zero-order valence-corrected chi connectivity index (χ0v) is 18.6. The van der Waals surface area contributed by atoms with Crippen LogP contribution in [0, 0.1) is 6.92 Å². The third-order valence-electron chi connectivity index (χ3n) is 5.52. The minimum Gasteiger partial charge on any atom is -0.486 e. The molecule has 0 atom stereocenters. The van der Waals surface area contributed by atoms with Crippen molar-refractivity contribution in [3.05, 3.63) is 75.1 Å². The highest BCUT2D eigenvalue weighted by molar-refractivity contribution is 5.91. The third kappa shape index (κ3) is 3.90. The van der Waals surface area contributed by atoms with Gasteiger partial charge in [0.1, 0.15) is 25.1 Å². The van der Waals surface area contributed by atoms with Crippen molar-refractivity contribution in [1.82, 2.24) is 19.1 Å². The number of rotatable bonds is 4. The van der Waals surface area contributed by atoms with Crippen LogP contribution in [0.5, 0.6) is 11.5 Å². The molecular formula is C24H21N5O5. The van der Waals surface area contributed by atoms with Gasteiger partial charge < -0.3 is 14.8 Å². The number of carbonyl (C=O) groups is 1. The Balaban J connectivity index is 1.45. The molecule has 0 spiro atoms. The van der Waals surface area contributed by atoms with Crippen LogP contribution in [-0.4, -0.2) is 38.2 Å². The van der Waals surface area contributed by atoms with Gasteiger partial charge in [-0.25, -0.2) is 14.8 Å². The molecule has 0 bridgehead atoms. The van der Waals surface area contributed by atoms with Gasteiger partial charge in [0.05, 0.1) is 0 Å². The van der Waals surface area contributed by atoms with Crippen molar-refractivity contribution in [3.8, 4) is 22.9 Å². The molecule has 4 aromatic rings. The minimum atomic E-state index is -0.650. The second kappa shape index (κ2) is 8.47. The Kier molecular flexibility index (Phi) is 5.33. The molecule has 0 saturated carbocycles. The number of carbonyl (C=O) groups excluding carboxylic acids is 1. The lowest BCUT2D eigenvalue weighted by Gasteiger charge is -2.19. The van der Waals surface area contributed by atoms with Crippen LogP contribution in [-0.2, 0) is 18.4 Å². The number of nitrogens with zero attached hydrogens (tertiary/aromatic N) is 4. The normalized spacial score (nSPS) is 12.5. The van der Waals surface area contributed by atoms with Crippen LogP contribution < -0.4 is 26.0 Å². The quantitative estimate of drug-likeness (QED) is 0.495. The molecule has 0 saturated heterocycles. The average molecular weight is 459 g/mol. The molecule has 10 heteroatoms. The Morgan fingerprint density at radius 3 is 2.56 bits per heavy atom. The van der Waals surface area contributed by atoms with Gasteiger partial charge in [-0.3, -0.25) is 18.7 Å². The molecule has 1 amide bonds. The van der Waals surface area contributed by atoms with Crippen molar-refractivity contribution < 1.29 is 14.3 Å². The smallest absolute Gasteiger partial charge is 0.332 e. The van der Waals surface area contributed by atoms with Crippen molar-refractivity contribution in [1.29, 1.82) is 0 Å². The van der Waals surface area contributed by atoms with Gasteiger partial charge in [0.15, 0.2) is 23.0 Å². The maximum Gasteiger partial charge on any atom is 0.332 e. The van der Waals surface area contributed by atoms with Crippen LogP contribution in [0.4, 0.5) is 5.69 Å². The van der Waals surface area contributed by atoms with Crippen molar-refractivity contribution in [3.63, 3.8) is 0 Å². The van der Waals surface area contributed by atoms with E-state index in [2.05, 4.69) is 15.3 Å². The maximum atomic E-state index is 13.0. The standard InChI is InChI=1S/C24H21N5O5/c1-14-3-5-15(6-4-14)21-25-12-17-22(27-21)28(2)24(32)29(23(17)31)13-20(30)26-16-7-8-18-19(11-16)34-10-9-33-18/h3-8,11-12H,9-10,13H2,1-2H3,(H,26,30). The molecule has 172 valence electrons. The van der Waals surface area contributed by atoms with Crippen molar-refractivity contribution in [2.75, 3.05) is 18.5 Å². The van der Waals surface area contributed by atoms with Gasteiger partial charge in [0, 0.05) is 30.6 Å². The first-order chi connectivity index (χ1) is 16.4. The predicted molar refractivity (Wildman–Crippen MR) is 125 cm³/mol. The Labute approximate surface area is 193 Å². The molecule has 1 N–H and O–H groups in total. The minimum absolute atomic E-state index is 0.144. The summed E-state index contributed by atoms with van der Waals surface area (Å²) >= 11 is 0. The zero-order valence-electron chi connectivity index (χ0n) is 18.6. The molecule has 5 rings (SSSR count). The topological polar surface area (TPSA) is 117 Å². The number of hydrogen-bond acceptors (Lipinski definition) is 7. The molecule has 1 aliphatic rings. The first-order valence-electron chi connectivity index (χ1n) is 10.6. The highest BCUT2D eigenvalue weighted by Crippen LogP contribution is 2.32. The number of nitrogens with one attached hydrogen (secondary N) is 1. The van der Waals surface area contributed by atoms with E-state index in [1.165, 1.54) is 17.8 Å². The number of anilines is 1. The number of amides is 1. The highest BCUT2D eigenvalue weighted by Gasteiger charge is 2.17. The summed E-state index contributed by atoms with van der Waals surface area (Å²) in [5.74, 6) is 0.974. The van der Waals surface area contributed by atoms with Crippen LogP contribution in [0.15, 0.2) is 58.3 Å². The molecule has 2 aromatic heterocycles. The number of aryl methyl sites for hydroxylation is 2. The fourth-order valence-corrected chi connectivity index (χ4v) is 3.73. The number of fused-ring (bicyclic) bond motifs is 2. The van der Waals surface area contributed by atoms with Crippen LogP contribution in [0.2, 0.25) is 0 Å². The Morgan fingerprint density at radius 1 is 1.06 bits per heavy atom. The zero-order chi connectivity index (χ0) is 23.8. The van der Waals surface area contributed by atoms with Gasteiger partial charge in [-0.2, -0.15) is 0 Å². The van der Waals surface area contributed by atoms with E-state index in [-0.39, 0.29) is 11.0 Å². The molecule has 0 unspecified atom stereocenters. The fraction of sp³-hybridized carbons (Fsp3) is 0.208. The second-order valence-corrected chi connectivity index (χ2v) is 7.94. The number of ether oxygens (including phenoxy) is 2. The first-order valence-corrected chi connectivity index (χ1v) is 10.6. The summed E-state index contributed by atoms with van der Waals surface area (Å²) in [5, 5.41) is 2.83. The van der Waals surface area contributed by atoms with Crippen LogP contribution in [0.3, 0.4) is 0 Å². The lowest BCUT2D eigenvalue weighted by atomic mass is 10.1. The van der Waals surface area contributed by atoms with E-state index in [0.29, 0.717) is 36.2 Å². The summed E-state index contributed by atoms with van der Waals surface area (Å²) in [6.07, 6.45) is 1.38.